The predicted molar refractivity (Wildman–Crippen MR) is 203 cm³/mol. The second-order valence-corrected chi connectivity index (χ2v) is 11.9. The third-order valence-corrected chi connectivity index (χ3v) is 8.90. The van der Waals surface area contributed by atoms with Crippen LogP contribution in [0.3, 0.4) is 0 Å². The van der Waals surface area contributed by atoms with Gasteiger partial charge in [-0.25, -0.2) is 15.0 Å². The van der Waals surface area contributed by atoms with E-state index in [9.17, 15) is 4.11 Å². The van der Waals surface area contributed by atoms with Gasteiger partial charge in [0.2, 0.25) is 0 Å². The SMILES string of the molecule is [2H]c1c([2H])c([2H])c2c(c1[2H])c1c([2H])c([2H])c(-c3nc(-c4ccccc4)nc(-c4ccccc4)n3)c([2H])c1n2-c1cccc(-c2ccc3c(c2)oc2ccccc23)c1. The second-order valence-electron chi connectivity index (χ2n) is 11.9. The van der Waals surface area contributed by atoms with Crippen molar-refractivity contribution in [2.24, 2.45) is 0 Å². The lowest BCUT2D eigenvalue weighted by Crippen LogP contribution is -2.00. The Morgan fingerprint density at radius 3 is 1.84 bits per heavy atom. The fraction of sp³-hybridized carbons (Fsp3) is 0. The molecular weight excluding hydrogens is 613 g/mol. The van der Waals surface area contributed by atoms with Crippen LogP contribution < -0.4 is 0 Å². The summed E-state index contributed by atoms with van der Waals surface area (Å²) in [4.78, 5) is 14.3. The summed E-state index contributed by atoms with van der Waals surface area (Å²) in [6.45, 7) is 0. The minimum Gasteiger partial charge on any atom is -0.456 e. The number of furan rings is 1. The zero-order valence-electron chi connectivity index (χ0n) is 33.3. The quantitative estimate of drug-likeness (QED) is 0.186. The Hall–Kier alpha value is -6.85. The molecule has 0 saturated heterocycles. The number of rotatable bonds is 5. The number of hydrogen-bond acceptors (Lipinski definition) is 4. The summed E-state index contributed by atoms with van der Waals surface area (Å²) in [7, 11) is 0. The molecule has 234 valence electrons. The molecule has 50 heavy (non-hydrogen) atoms. The number of nitrogens with zero attached hydrogens (tertiary/aromatic N) is 4. The van der Waals surface area contributed by atoms with Crippen molar-refractivity contribution in [3.05, 3.63) is 170 Å². The van der Waals surface area contributed by atoms with Crippen LogP contribution in [0, 0.1) is 0 Å². The average molecular weight is 648 g/mol. The highest BCUT2D eigenvalue weighted by Gasteiger charge is 2.17. The van der Waals surface area contributed by atoms with Crippen molar-refractivity contribution in [2.75, 3.05) is 0 Å². The first-order valence-corrected chi connectivity index (χ1v) is 16.1. The number of hydrogen-bond donors (Lipinski definition) is 0. The fourth-order valence-electron chi connectivity index (χ4n) is 6.53. The highest BCUT2D eigenvalue weighted by atomic mass is 16.3. The van der Waals surface area contributed by atoms with Crippen molar-refractivity contribution in [1.29, 1.82) is 0 Å². The van der Waals surface area contributed by atoms with Crippen molar-refractivity contribution in [3.63, 3.8) is 0 Å². The summed E-state index contributed by atoms with van der Waals surface area (Å²) in [6.07, 6.45) is 0. The Kier molecular flexibility index (Phi) is 4.99. The third-order valence-electron chi connectivity index (χ3n) is 8.90. The van der Waals surface area contributed by atoms with Crippen LogP contribution in [0.1, 0.15) is 9.60 Å². The maximum atomic E-state index is 9.84. The second kappa shape index (κ2) is 11.4. The average Bonchev–Trinajstić information content (AvgIpc) is 3.82. The zero-order valence-corrected chi connectivity index (χ0v) is 26.3. The van der Waals surface area contributed by atoms with E-state index in [2.05, 4.69) is 0 Å². The molecule has 0 radical (unpaired) electrons. The van der Waals surface area contributed by atoms with Gasteiger partial charge >= 0.3 is 0 Å². The van der Waals surface area contributed by atoms with Gasteiger partial charge in [0, 0.05) is 43.9 Å². The molecule has 3 heterocycles. The maximum Gasteiger partial charge on any atom is 0.164 e. The molecule has 5 heteroatoms. The molecule has 0 bridgehead atoms. The molecule has 0 aliphatic rings. The van der Waals surface area contributed by atoms with Gasteiger partial charge in [-0.3, -0.25) is 0 Å². The minimum atomic E-state index is -0.474. The van der Waals surface area contributed by atoms with Crippen LogP contribution >= 0.6 is 0 Å². The van der Waals surface area contributed by atoms with E-state index in [1.165, 1.54) is 0 Å². The highest BCUT2D eigenvalue weighted by molar-refractivity contribution is 6.10. The number of para-hydroxylation sites is 2. The predicted octanol–water partition coefficient (Wildman–Crippen LogP) is 11.5. The van der Waals surface area contributed by atoms with Gasteiger partial charge in [-0.1, -0.05) is 127 Å². The molecule has 0 aliphatic carbocycles. The molecule has 10 rings (SSSR count). The number of aromatic nitrogens is 4. The lowest BCUT2D eigenvalue weighted by Gasteiger charge is -2.12. The van der Waals surface area contributed by atoms with Crippen LogP contribution in [0.2, 0.25) is 0 Å². The Bertz CT molecular complexity index is 3220. The summed E-state index contributed by atoms with van der Waals surface area (Å²) in [5.74, 6) is 0.649. The van der Waals surface area contributed by atoms with Gasteiger partial charge in [-0.15, -0.1) is 0 Å². The van der Waals surface area contributed by atoms with E-state index in [4.69, 9.17) is 24.9 Å². The Balaban J connectivity index is 1.27. The van der Waals surface area contributed by atoms with Crippen LogP contribution in [0.15, 0.2) is 174 Å². The summed E-state index contributed by atoms with van der Waals surface area (Å²) >= 11 is 0. The Morgan fingerprint density at radius 2 is 1.06 bits per heavy atom. The summed E-state index contributed by atoms with van der Waals surface area (Å²) in [5.41, 5.74) is 5.19. The van der Waals surface area contributed by atoms with Crippen LogP contribution in [0.4, 0.5) is 0 Å². The number of fused-ring (bicyclic) bond motifs is 6. The molecule has 0 amide bonds. The summed E-state index contributed by atoms with van der Waals surface area (Å²) in [6, 6.07) is 37.4. The van der Waals surface area contributed by atoms with Gasteiger partial charge in [0.15, 0.2) is 17.5 Å². The normalized spacial score (nSPS) is 13.6. The van der Waals surface area contributed by atoms with E-state index in [0.29, 0.717) is 34.0 Å². The van der Waals surface area contributed by atoms with Gasteiger partial charge in [-0.05, 0) is 53.5 Å². The van der Waals surface area contributed by atoms with Crippen LogP contribution in [-0.2, 0) is 0 Å². The van der Waals surface area contributed by atoms with E-state index in [1.54, 1.807) is 10.6 Å². The van der Waals surface area contributed by atoms with Crippen molar-refractivity contribution in [2.45, 2.75) is 0 Å². The topological polar surface area (TPSA) is 56.7 Å². The first-order valence-electron chi connectivity index (χ1n) is 19.6. The van der Waals surface area contributed by atoms with E-state index in [-0.39, 0.29) is 63.4 Å². The molecule has 10 aromatic rings. The molecular formula is C45H28N4O. The van der Waals surface area contributed by atoms with Gasteiger partial charge in [0.1, 0.15) is 11.2 Å². The van der Waals surface area contributed by atoms with Crippen molar-refractivity contribution >= 4 is 43.7 Å². The van der Waals surface area contributed by atoms with Crippen LogP contribution in [0.5, 0.6) is 0 Å². The largest absolute Gasteiger partial charge is 0.456 e. The highest BCUT2D eigenvalue weighted by Crippen LogP contribution is 2.37. The van der Waals surface area contributed by atoms with Gasteiger partial charge in [-0.2, -0.15) is 0 Å². The van der Waals surface area contributed by atoms with E-state index < -0.39 is 12.1 Å². The van der Waals surface area contributed by atoms with Gasteiger partial charge < -0.3 is 8.98 Å². The smallest absolute Gasteiger partial charge is 0.164 e. The van der Waals surface area contributed by atoms with Crippen LogP contribution in [-0.4, -0.2) is 19.5 Å². The van der Waals surface area contributed by atoms with Crippen molar-refractivity contribution in [1.82, 2.24) is 19.5 Å². The molecule has 0 spiro atoms. The van der Waals surface area contributed by atoms with E-state index in [0.717, 1.165) is 27.5 Å². The first kappa shape index (κ1) is 21.9. The standard InChI is InChI=1S/C45H28N4O/c1-3-12-29(13-4-1)43-46-44(30-14-5-2-6-15-30)48-45(47-43)33-23-24-36-35-18-7-9-20-39(35)49(40(36)27-33)34-17-11-16-31(26-34)32-22-25-38-37-19-8-10-21-41(37)50-42(38)28-32/h1-28H/i7D,9D,18D,20D,23D,24D,27D. The van der Waals surface area contributed by atoms with Crippen LogP contribution in [0.25, 0.3) is 94.7 Å². The molecule has 0 N–H and O–H groups in total. The molecule has 5 nitrogen and oxygen atoms in total. The first-order chi connectivity index (χ1) is 27.7. The summed E-state index contributed by atoms with van der Waals surface area (Å²) in [5, 5.41) is 2.10. The summed E-state index contributed by atoms with van der Waals surface area (Å²) < 4.78 is 71.8. The molecule has 0 saturated carbocycles. The monoisotopic (exact) mass is 647 g/mol. The fourth-order valence-corrected chi connectivity index (χ4v) is 6.53. The third kappa shape index (κ3) is 4.67. The molecule has 0 atom stereocenters. The Morgan fingerprint density at radius 1 is 0.440 bits per heavy atom. The van der Waals surface area contributed by atoms with E-state index in [1.807, 2.05) is 121 Å². The maximum absolute atomic E-state index is 9.84. The lowest BCUT2D eigenvalue weighted by molar-refractivity contribution is 0.669. The number of benzene rings is 7. The van der Waals surface area contributed by atoms with Crippen molar-refractivity contribution in [3.8, 4) is 51.0 Å². The van der Waals surface area contributed by atoms with Gasteiger partial charge in [0.25, 0.3) is 0 Å². The lowest BCUT2D eigenvalue weighted by atomic mass is 10.0. The molecule has 0 unspecified atom stereocenters. The van der Waals surface area contributed by atoms with Crippen molar-refractivity contribution < 1.29 is 14.0 Å². The van der Waals surface area contributed by atoms with E-state index >= 15 is 0 Å². The zero-order chi connectivity index (χ0) is 39.1. The molecule has 3 aromatic heterocycles. The molecule has 7 aromatic carbocycles. The molecule has 0 fully saturated rings. The van der Waals surface area contributed by atoms with Gasteiger partial charge in [0.05, 0.1) is 20.6 Å². The minimum absolute atomic E-state index is 0.0114. The Labute approximate surface area is 297 Å². The molecule has 0 aliphatic heterocycles.